The first-order valence-electron chi connectivity index (χ1n) is 14.5. The lowest BCUT2D eigenvalue weighted by atomic mass is 10.0. The summed E-state index contributed by atoms with van der Waals surface area (Å²) in [6.45, 7) is 4.95. The Balaban J connectivity index is 1.84. The Hall–Kier alpha value is -2.94. The van der Waals surface area contributed by atoms with Gasteiger partial charge in [0.05, 0.1) is 17.1 Å². The molecular weight excluding hydrogens is 482 g/mol. The van der Waals surface area contributed by atoms with Crippen LogP contribution >= 0.6 is 0 Å². The Bertz CT molecular complexity index is 903. The number of carbonyl (C=O) groups excluding carboxylic acids is 1. The van der Waals surface area contributed by atoms with Crippen molar-refractivity contribution in [1.82, 2.24) is 16.0 Å². The lowest BCUT2D eigenvalue weighted by molar-refractivity contribution is -0.386. The van der Waals surface area contributed by atoms with E-state index in [2.05, 4.69) is 34.8 Å². The molecule has 0 fully saturated rings. The Morgan fingerprint density at radius 2 is 1.61 bits per heavy atom. The summed E-state index contributed by atoms with van der Waals surface area (Å²) < 4.78 is 5.93. The molecule has 0 saturated carbocycles. The lowest BCUT2D eigenvalue weighted by Gasteiger charge is -2.23. The van der Waals surface area contributed by atoms with Gasteiger partial charge in [0.2, 0.25) is 5.96 Å². The molecule has 1 aromatic carbocycles. The summed E-state index contributed by atoms with van der Waals surface area (Å²) in [6, 6.07) is 6.21. The number of ether oxygens (including phenoxy) is 1. The predicted molar refractivity (Wildman–Crippen MR) is 153 cm³/mol. The van der Waals surface area contributed by atoms with E-state index in [0.717, 1.165) is 37.8 Å². The van der Waals surface area contributed by atoms with Gasteiger partial charge in [-0.25, -0.2) is 9.79 Å². The number of carbonyl (C=O) groups is 1. The molecule has 0 spiro atoms. The number of nitrogens with zero attached hydrogens (tertiary/aromatic N) is 2. The number of aliphatic imine (C=N–C) groups is 1. The second kappa shape index (κ2) is 19.2. The molecule has 1 aromatic rings. The third-order valence-corrected chi connectivity index (χ3v) is 6.57. The molecule has 38 heavy (non-hydrogen) atoms. The largest absolute Gasteiger partial charge is 0.348 e. The van der Waals surface area contributed by atoms with Gasteiger partial charge in [0, 0.05) is 18.3 Å². The van der Waals surface area contributed by atoms with E-state index in [1.807, 2.05) is 6.08 Å². The quantitative estimate of drug-likeness (QED) is 0.100. The fraction of sp³-hybridized carbons (Fsp3) is 0.655. The Morgan fingerprint density at radius 1 is 0.974 bits per heavy atom. The van der Waals surface area contributed by atoms with E-state index in [-0.39, 0.29) is 18.3 Å². The maximum atomic E-state index is 12.3. The van der Waals surface area contributed by atoms with Gasteiger partial charge in [-0.15, -0.1) is 0 Å². The molecule has 0 saturated heterocycles. The van der Waals surface area contributed by atoms with Crippen LogP contribution in [0.5, 0.6) is 0 Å². The average Bonchev–Trinajstić information content (AvgIpc) is 2.90. The second-order valence-electron chi connectivity index (χ2n) is 9.90. The van der Waals surface area contributed by atoms with Crippen molar-refractivity contribution in [1.29, 1.82) is 0 Å². The van der Waals surface area contributed by atoms with Gasteiger partial charge in [0.15, 0.2) is 6.23 Å². The minimum atomic E-state index is -0.648. The Kier molecular flexibility index (Phi) is 15.8. The van der Waals surface area contributed by atoms with Gasteiger partial charge in [0.25, 0.3) is 5.69 Å². The molecule has 1 aliphatic heterocycles. The fourth-order valence-corrected chi connectivity index (χ4v) is 4.35. The zero-order valence-corrected chi connectivity index (χ0v) is 23.3. The van der Waals surface area contributed by atoms with Crippen LogP contribution in [0.2, 0.25) is 0 Å². The van der Waals surface area contributed by atoms with E-state index < -0.39 is 11.2 Å². The number of para-hydroxylation sites is 1. The van der Waals surface area contributed by atoms with E-state index in [4.69, 9.17) is 4.74 Å². The molecule has 1 heterocycles. The van der Waals surface area contributed by atoms with Crippen LogP contribution in [0.15, 0.2) is 41.0 Å². The van der Waals surface area contributed by atoms with Crippen LogP contribution in [0.4, 0.5) is 10.5 Å². The highest BCUT2D eigenvalue weighted by Crippen LogP contribution is 2.21. The van der Waals surface area contributed by atoms with Gasteiger partial charge in [0.1, 0.15) is 0 Å². The molecule has 0 bridgehead atoms. The molecule has 0 aliphatic carbocycles. The van der Waals surface area contributed by atoms with E-state index in [0.29, 0.717) is 18.1 Å². The van der Waals surface area contributed by atoms with Crippen molar-refractivity contribution in [2.24, 2.45) is 4.99 Å². The van der Waals surface area contributed by atoms with Crippen molar-refractivity contribution in [3.63, 3.8) is 0 Å². The highest BCUT2D eigenvalue weighted by atomic mass is 16.6. The smallest absolute Gasteiger partial charge is 0.321 e. The van der Waals surface area contributed by atoms with Crippen LogP contribution in [0.3, 0.4) is 0 Å². The number of benzene rings is 1. The topological polar surface area (TPSA) is 118 Å². The molecule has 212 valence electrons. The van der Waals surface area contributed by atoms with Gasteiger partial charge >= 0.3 is 6.03 Å². The first kappa shape index (κ1) is 31.3. The van der Waals surface area contributed by atoms with Crippen LogP contribution in [0, 0.1) is 10.1 Å². The van der Waals surface area contributed by atoms with Crippen molar-refractivity contribution in [3.8, 4) is 0 Å². The van der Waals surface area contributed by atoms with Crippen LogP contribution in [0.1, 0.15) is 109 Å². The van der Waals surface area contributed by atoms with Crippen LogP contribution in [-0.4, -0.2) is 29.7 Å². The molecule has 3 N–H and O–H groups in total. The molecule has 1 atom stereocenters. The molecule has 0 aromatic heterocycles. The molecule has 0 radical (unpaired) electrons. The predicted octanol–water partition coefficient (Wildman–Crippen LogP) is 7.08. The maximum Gasteiger partial charge on any atom is 0.321 e. The van der Waals surface area contributed by atoms with Crippen LogP contribution in [-0.2, 0) is 11.3 Å². The molecule has 2 rings (SSSR count). The Labute approximate surface area is 228 Å². The van der Waals surface area contributed by atoms with Gasteiger partial charge in [-0.3, -0.25) is 15.4 Å². The van der Waals surface area contributed by atoms with Gasteiger partial charge in [-0.05, 0) is 31.4 Å². The average molecular weight is 530 g/mol. The maximum absolute atomic E-state index is 12.3. The molecule has 9 nitrogen and oxygen atoms in total. The molecular formula is C29H47N5O4. The highest BCUT2D eigenvalue weighted by Gasteiger charge is 2.19. The number of amides is 2. The number of hydrogen-bond donors (Lipinski definition) is 3. The molecule has 2 amide bonds. The normalized spacial score (nSPS) is 14.8. The monoisotopic (exact) mass is 529 g/mol. The number of nitro benzene ring substituents is 1. The minimum absolute atomic E-state index is 0.0178. The number of nitrogens with one attached hydrogen (secondary N) is 3. The zero-order chi connectivity index (χ0) is 27.4. The summed E-state index contributed by atoms with van der Waals surface area (Å²) >= 11 is 0. The highest BCUT2D eigenvalue weighted by molar-refractivity contribution is 5.97. The van der Waals surface area contributed by atoms with Crippen molar-refractivity contribution >= 4 is 17.7 Å². The Morgan fingerprint density at radius 3 is 2.26 bits per heavy atom. The summed E-state index contributed by atoms with van der Waals surface area (Å²) in [5.74, 6) is 0.326. The van der Waals surface area contributed by atoms with Gasteiger partial charge in [-0.2, -0.15) is 0 Å². The third kappa shape index (κ3) is 13.0. The SMILES string of the molecule is CCCCCCCCCCCCCC1=CC(OCc2ccccc2[N+](=O)[O-])N=C(NC(=O)NCCCC)N1. The number of allylic oxidation sites excluding steroid dienone is 1. The van der Waals surface area contributed by atoms with E-state index in [9.17, 15) is 14.9 Å². The molecule has 1 aliphatic rings. The van der Waals surface area contributed by atoms with Crippen LogP contribution < -0.4 is 16.0 Å². The van der Waals surface area contributed by atoms with Crippen molar-refractivity contribution in [2.75, 3.05) is 6.54 Å². The number of urea groups is 1. The first-order valence-corrected chi connectivity index (χ1v) is 14.5. The minimum Gasteiger partial charge on any atom is -0.348 e. The molecule has 1 unspecified atom stereocenters. The van der Waals surface area contributed by atoms with Crippen molar-refractivity contribution < 1.29 is 14.5 Å². The van der Waals surface area contributed by atoms with Gasteiger partial charge < -0.3 is 15.4 Å². The van der Waals surface area contributed by atoms with Crippen molar-refractivity contribution in [2.45, 2.75) is 117 Å². The summed E-state index contributed by atoms with van der Waals surface area (Å²) in [7, 11) is 0. The standard InChI is InChI=1S/C29H47N5O4/c1-3-5-7-8-9-10-11-12-13-14-15-19-25-22-27(32-28(31-25)33-29(35)30-21-6-4-2)38-23-24-18-16-17-20-26(24)34(36)37/h16-18,20,22,27H,3-15,19,21,23H2,1-2H3,(H3,30,31,32,33,35). The summed E-state index contributed by atoms with van der Waals surface area (Å²) in [4.78, 5) is 27.7. The third-order valence-electron chi connectivity index (χ3n) is 6.57. The van der Waals surface area contributed by atoms with E-state index >= 15 is 0 Å². The fourth-order valence-electron chi connectivity index (χ4n) is 4.35. The zero-order valence-electron chi connectivity index (χ0n) is 23.3. The molecule has 9 heteroatoms. The number of guanidine groups is 1. The number of rotatable bonds is 19. The van der Waals surface area contributed by atoms with E-state index in [1.165, 1.54) is 63.9 Å². The van der Waals surface area contributed by atoms with E-state index in [1.54, 1.807) is 18.2 Å². The summed E-state index contributed by atoms with van der Waals surface area (Å²) in [5, 5.41) is 20.1. The lowest BCUT2D eigenvalue weighted by Crippen LogP contribution is -2.47. The second-order valence-corrected chi connectivity index (χ2v) is 9.90. The number of nitro groups is 1. The summed E-state index contributed by atoms with van der Waals surface area (Å²) in [5.41, 5.74) is 1.44. The van der Waals surface area contributed by atoms with Crippen LogP contribution in [0.25, 0.3) is 0 Å². The van der Waals surface area contributed by atoms with Gasteiger partial charge in [-0.1, -0.05) is 96.6 Å². The first-order chi connectivity index (χ1) is 18.5. The number of unbranched alkanes of at least 4 members (excludes halogenated alkanes) is 11. The number of hydrogen-bond acceptors (Lipinski definition) is 6. The van der Waals surface area contributed by atoms with Crippen molar-refractivity contribution in [3.05, 3.63) is 51.7 Å². The summed E-state index contributed by atoms with van der Waals surface area (Å²) in [6.07, 6.45) is 18.0.